The monoisotopic (exact) mass is 316 g/mol. The molecule has 0 aliphatic carbocycles. The average Bonchev–Trinajstić information content (AvgIpc) is 2.80. The Kier molecular flexibility index (Phi) is 4.55. The lowest BCUT2D eigenvalue weighted by molar-refractivity contribution is -0.144. The smallest absolute Gasteiger partial charge is 0.367 e. The number of aromatic nitrogens is 4. The number of anilines is 1. The minimum atomic E-state index is -4.59. The second kappa shape index (κ2) is 6.07. The first kappa shape index (κ1) is 16.5. The summed E-state index contributed by atoms with van der Waals surface area (Å²) in [6, 6.07) is 1.74. The van der Waals surface area contributed by atoms with Crippen LogP contribution in [0.25, 0.3) is 5.78 Å². The maximum Gasteiger partial charge on any atom is 0.453 e. The number of alkyl halides is 3. The van der Waals surface area contributed by atoms with Gasteiger partial charge in [0.05, 0.1) is 0 Å². The minimum Gasteiger partial charge on any atom is -0.367 e. The van der Waals surface area contributed by atoms with Crippen LogP contribution in [0.3, 0.4) is 0 Å². The Balaban J connectivity index is 2.30. The van der Waals surface area contributed by atoms with Gasteiger partial charge in [0.2, 0.25) is 0 Å². The summed E-state index contributed by atoms with van der Waals surface area (Å²) in [6.07, 6.45) is -3.74. The van der Waals surface area contributed by atoms with Crippen molar-refractivity contribution >= 4 is 11.6 Å². The molecule has 2 aromatic rings. The first-order valence-electron chi connectivity index (χ1n) is 6.89. The van der Waals surface area contributed by atoms with Gasteiger partial charge in [-0.25, -0.2) is 4.98 Å². The molecule has 2 rings (SSSR count). The van der Waals surface area contributed by atoms with E-state index in [0.29, 0.717) is 11.5 Å². The van der Waals surface area contributed by atoms with Crippen LogP contribution >= 0.6 is 0 Å². The Hall–Kier alpha value is -1.90. The Bertz CT molecular complexity index is 649. The highest BCUT2D eigenvalue weighted by Crippen LogP contribution is 2.27. The van der Waals surface area contributed by atoms with Crippen molar-refractivity contribution < 1.29 is 13.2 Å². The third-order valence-corrected chi connectivity index (χ3v) is 3.10. The summed E-state index contributed by atoms with van der Waals surface area (Å²) in [4.78, 5) is 9.49. The van der Waals surface area contributed by atoms with Gasteiger partial charge in [-0.05, 0) is 40.9 Å². The van der Waals surface area contributed by atoms with Crippen molar-refractivity contribution in [3.8, 4) is 0 Å². The van der Waals surface area contributed by atoms with Crippen LogP contribution in [0, 0.1) is 6.92 Å². The summed E-state index contributed by atoms with van der Waals surface area (Å²) >= 11 is 0. The van der Waals surface area contributed by atoms with Crippen molar-refractivity contribution in [2.24, 2.45) is 0 Å². The molecule has 0 saturated heterocycles. The van der Waals surface area contributed by atoms with Crippen LogP contribution in [0.1, 0.15) is 24.9 Å². The number of halogens is 3. The fourth-order valence-corrected chi connectivity index (χ4v) is 1.99. The second-order valence-electron chi connectivity index (χ2n) is 5.57. The van der Waals surface area contributed by atoms with Crippen molar-refractivity contribution in [1.82, 2.24) is 24.5 Å². The van der Waals surface area contributed by atoms with Gasteiger partial charge < -0.3 is 10.2 Å². The molecule has 6 nitrogen and oxygen atoms in total. The molecule has 1 unspecified atom stereocenters. The molecule has 0 amide bonds. The predicted octanol–water partition coefficient (Wildman–Crippen LogP) is 2.20. The second-order valence-corrected chi connectivity index (χ2v) is 5.57. The van der Waals surface area contributed by atoms with Gasteiger partial charge >= 0.3 is 6.18 Å². The van der Waals surface area contributed by atoms with E-state index in [4.69, 9.17) is 0 Å². The molecule has 0 saturated carbocycles. The van der Waals surface area contributed by atoms with E-state index in [1.165, 1.54) is 0 Å². The fourth-order valence-electron chi connectivity index (χ4n) is 1.99. The van der Waals surface area contributed by atoms with Gasteiger partial charge in [-0.2, -0.15) is 22.7 Å². The van der Waals surface area contributed by atoms with Crippen molar-refractivity contribution in [1.29, 1.82) is 0 Å². The summed E-state index contributed by atoms with van der Waals surface area (Å²) in [6.45, 7) is 4.54. The molecule has 0 spiro atoms. The van der Waals surface area contributed by atoms with Gasteiger partial charge in [-0.15, -0.1) is 5.10 Å². The molecule has 0 aromatic carbocycles. The molecule has 0 bridgehead atoms. The molecular formula is C13H19F3N6. The number of hydrogen-bond donors (Lipinski definition) is 1. The standard InChI is InChI=1S/C13H19F3N6/c1-8(5-6-21(3)4)17-10-7-9(2)18-12-19-11(13(14,15)16)20-22(10)12/h7-8,17H,5-6H2,1-4H3. The molecule has 0 radical (unpaired) electrons. The Labute approximate surface area is 126 Å². The zero-order valence-electron chi connectivity index (χ0n) is 12.9. The molecule has 0 fully saturated rings. The number of nitrogens with one attached hydrogen (secondary N) is 1. The molecule has 9 heteroatoms. The zero-order chi connectivity index (χ0) is 16.5. The highest BCUT2D eigenvalue weighted by Gasteiger charge is 2.36. The van der Waals surface area contributed by atoms with Crippen LogP contribution in [0.4, 0.5) is 19.0 Å². The normalized spacial score (nSPS) is 13.8. The molecular weight excluding hydrogens is 297 g/mol. The van der Waals surface area contributed by atoms with Crippen molar-refractivity contribution in [2.45, 2.75) is 32.5 Å². The van der Waals surface area contributed by atoms with Crippen molar-refractivity contribution in [3.05, 3.63) is 17.6 Å². The van der Waals surface area contributed by atoms with Gasteiger partial charge in [0.1, 0.15) is 5.82 Å². The summed E-state index contributed by atoms with van der Waals surface area (Å²) in [7, 11) is 3.93. The maximum atomic E-state index is 12.7. The number of hydrogen-bond acceptors (Lipinski definition) is 5. The summed E-state index contributed by atoms with van der Waals surface area (Å²) in [5, 5.41) is 6.69. The Morgan fingerprint density at radius 2 is 2.00 bits per heavy atom. The molecule has 2 aromatic heterocycles. The largest absolute Gasteiger partial charge is 0.453 e. The molecule has 0 aliphatic rings. The molecule has 1 atom stereocenters. The number of nitrogens with zero attached hydrogens (tertiary/aromatic N) is 5. The Morgan fingerprint density at radius 3 is 2.59 bits per heavy atom. The molecule has 2 heterocycles. The summed E-state index contributed by atoms with van der Waals surface area (Å²) in [5.41, 5.74) is 0.580. The molecule has 0 aliphatic heterocycles. The average molecular weight is 316 g/mol. The van der Waals surface area contributed by atoms with E-state index in [1.54, 1.807) is 13.0 Å². The van der Waals surface area contributed by atoms with Crippen molar-refractivity contribution in [3.63, 3.8) is 0 Å². The molecule has 122 valence electrons. The quantitative estimate of drug-likeness (QED) is 0.916. The SMILES string of the molecule is Cc1cc(NC(C)CCN(C)C)n2nc(C(F)(F)F)nc2n1. The van der Waals surface area contributed by atoms with E-state index >= 15 is 0 Å². The van der Waals surface area contributed by atoms with E-state index in [1.807, 2.05) is 25.9 Å². The topological polar surface area (TPSA) is 58.4 Å². The van der Waals surface area contributed by atoms with E-state index in [-0.39, 0.29) is 11.8 Å². The molecule has 22 heavy (non-hydrogen) atoms. The lowest BCUT2D eigenvalue weighted by atomic mass is 10.2. The van der Waals surface area contributed by atoms with E-state index < -0.39 is 12.0 Å². The van der Waals surface area contributed by atoms with Crippen LogP contribution in [0.15, 0.2) is 6.07 Å². The highest BCUT2D eigenvalue weighted by molar-refractivity contribution is 5.46. The van der Waals surface area contributed by atoms with E-state index in [0.717, 1.165) is 17.5 Å². The Morgan fingerprint density at radius 1 is 1.32 bits per heavy atom. The van der Waals surface area contributed by atoms with Crippen LogP contribution in [-0.4, -0.2) is 51.2 Å². The fraction of sp³-hybridized carbons (Fsp3) is 0.615. The van der Waals surface area contributed by atoms with Crippen molar-refractivity contribution in [2.75, 3.05) is 26.0 Å². The van der Waals surface area contributed by atoms with Crippen LogP contribution in [0.2, 0.25) is 0 Å². The summed E-state index contributed by atoms with van der Waals surface area (Å²) in [5.74, 6) is -0.791. The van der Waals surface area contributed by atoms with E-state index in [2.05, 4.69) is 20.4 Å². The van der Waals surface area contributed by atoms with Gasteiger partial charge in [-0.3, -0.25) is 0 Å². The van der Waals surface area contributed by atoms with Gasteiger partial charge in [0.25, 0.3) is 11.6 Å². The third kappa shape index (κ3) is 3.85. The minimum absolute atomic E-state index is 0.0605. The zero-order valence-corrected chi connectivity index (χ0v) is 12.9. The van der Waals surface area contributed by atoms with E-state index in [9.17, 15) is 13.2 Å². The first-order valence-corrected chi connectivity index (χ1v) is 6.89. The predicted molar refractivity (Wildman–Crippen MR) is 76.8 cm³/mol. The molecule has 1 N–H and O–H groups in total. The third-order valence-electron chi connectivity index (χ3n) is 3.10. The van der Waals surface area contributed by atoms with Gasteiger partial charge in [0, 0.05) is 17.8 Å². The lowest BCUT2D eigenvalue weighted by Crippen LogP contribution is -2.24. The number of rotatable bonds is 5. The van der Waals surface area contributed by atoms with Crippen LogP contribution in [0.5, 0.6) is 0 Å². The van der Waals surface area contributed by atoms with Crippen LogP contribution in [-0.2, 0) is 6.18 Å². The first-order chi connectivity index (χ1) is 10.2. The summed E-state index contributed by atoms with van der Waals surface area (Å²) < 4.78 is 39.3. The maximum absolute atomic E-state index is 12.7. The highest BCUT2D eigenvalue weighted by atomic mass is 19.4. The number of fused-ring (bicyclic) bond motifs is 1. The van der Waals surface area contributed by atoms with Gasteiger partial charge in [0.15, 0.2) is 0 Å². The van der Waals surface area contributed by atoms with Crippen LogP contribution < -0.4 is 5.32 Å². The number of aryl methyl sites for hydroxylation is 1. The lowest BCUT2D eigenvalue weighted by Gasteiger charge is -2.18. The van der Waals surface area contributed by atoms with Gasteiger partial charge in [-0.1, -0.05) is 0 Å².